The molecule has 96 valence electrons. The zero-order chi connectivity index (χ0) is 13.1. The first-order chi connectivity index (χ1) is 8.65. The molecule has 0 saturated carbocycles. The van der Waals surface area contributed by atoms with Crippen LogP contribution in [0.2, 0.25) is 0 Å². The molecule has 0 aliphatic heterocycles. The molecule has 0 radical (unpaired) electrons. The normalized spacial score (nSPS) is 10.7. The highest BCUT2D eigenvalue weighted by Gasteiger charge is 2.14. The standard InChI is InChI=1S/C12H13F2N3O/c1-15-6-7-3-11(17-16-7)8-4-10(14)12(18-2)5-9(8)13/h3-5,15H,6H2,1-2H3,(H,16,17). The van der Waals surface area contributed by atoms with Crippen LogP contribution in [0.25, 0.3) is 11.3 Å². The van der Waals surface area contributed by atoms with Gasteiger partial charge in [0.1, 0.15) is 5.82 Å². The first kappa shape index (κ1) is 12.5. The number of methoxy groups -OCH3 is 1. The number of hydrogen-bond acceptors (Lipinski definition) is 3. The molecule has 0 spiro atoms. The SMILES string of the molecule is CNCc1cc(-c2cc(F)c(OC)cc2F)n[nH]1. The molecule has 0 aliphatic carbocycles. The summed E-state index contributed by atoms with van der Waals surface area (Å²) in [7, 11) is 3.07. The highest BCUT2D eigenvalue weighted by molar-refractivity contribution is 5.61. The molecule has 1 aromatic heterocycles. The van der Waals surface area contributed by atoms with Gasteiger partial charge in [-0.25, -0.2) is 8.78 Å². The molecule has 0 saturated heterocycles. The lowest BCUT2D eigenvalue weighted by atomic mass is 10.1. The fraction of sp³-hybridized carbons (Fsp3) is 0.250. The Morgan fingerprint density at radius 3 is 2.72 bits per heavy atom. The first-order valence-corrected chi connectivity index (χ1v) is 5.38. The molecule has 1 aromatic carbocycles. The van der Waals surface area contributed by atoms with Crippen LogP contribution in [0.4, 0.5) is 8.78 Å². The number of aromatic amines is 1. The van der Waals surface area contributed by atoms with E-state index in [2.05, 4.69) is 15.5 Å². The van der Waals surface area contributed by atoms with Crippen LogP contribution in [0, 0.1) is 11.6 Å². The quantitative estimate of drug-likeness (QED) is 0.877. The van der Waals surface area contributed by atoms with Crippen LogP contribution in [0.15, 0.2) is 18.2 Å². The second-order valence-electron chi connectivity index (χ2n) is 3.78. The number of nitrogens with zero attached hydrogens (tertiary/aromatic N) is 1. The number of hydrogen-bond donors (Lipinski definition) is 2. The molecule has 0 bridgehead atoms. The number of benzene rings is 1. The molecule has 2 N–H and O–H groups in total. The summed E-state index contributed by atoms with van der Waals surface area (Å²) in [5, 5.41) is 9.63. The lowest BCUT2D eigenvalue weighted by Crippen LogP contribution is -2.04. The van der Waals surface area contributed by atoms with Crippen LogP contribution in [0.1, 0.15) is 5.69 Å². The van der Waals surface area contributed by atoms with Gasteiger partial charge in [0.25, 0.3) is 0 Å². The van der Waals surface area contributed by atoms with E-state index in [9.17, 15) is 8.78 Å². The molecule has 0 aliphatic rings. The van der Waals surface area contributed by atoms with Crippen molar-refractivity contribution in [2.45, 2.75) is 6.54 Å². The highest BCUT2D eigenvalue weighted by atomic mass is 19.1. The molecule has 2 aromatic rings. The molecule has 0 fully saturated rings. The van der Waals surface area contributed by atoms with Crippen molar-refractivity contribution in [2.24, 2.45) is 0 Å². The molecule has 0 amide bonds. The zero-order valence-electron chi connectivity index (χ0n) is 10.1. The Kier molecular flexibility index (Phi) is 3.57. The molecular formula is C12H13F2N3O. The number of nitrogens with one attached hydrogen (secondary N) is 2. The Bertz CT molecular complexity index is 554. The van der Waals surface area contributed by atoms with Gasteiger partial charge in [-0.05, 0) is 19.2 Å². The summed E-state index contributed by atoms with van der Waals surface area (Å²) in [5.41, 5.74) is 1.26. The van der Waals surface area contributed by atoms with Gasteiger partial charge in [0, 0.05) is 23.9 Å². The minimum absolute atomic E-state index is 0.104. The Labute approximate surface area is 103 Å². The maximum absolute atomic E-state index is 13.8. The van der Waals surface area contributed by atoms with E-state index in [1.165, 1.54) is 7.11 Å². The second-order valence-corrected chi connectivity index (χ2v) is 3.78. The van der Waals surface area contributed by atoms with Crippen molar-refractivity contribution in [1.82, 2.24) is 15.5 Å². The van der Waals surface area contributed by atoms with Crippen molar-refractivity contribution in [2.75, 3.05) is 14.2 Å². The van der Waals surface area contributed by atoms with E-state index in [1.807, 2.05) is 0 Å². The average Bonchev–Trinajstić information content (AvgIpc) is 2.80. The summed E-state index contributed by atoms with van der Waals surface area (Å²) < 4.78 is 32.0. The fourth-order valence-corrected chi connectivity index (χ4v) is 1.66. The van der Waals surface area contributed by atoms with Gasteiger partial charge in [0.15, 0.2) is 11.6 Å². The van der Waals surface area contributed by atoms with E-state index in [0.29, 0.717) is 12.2 Å². The highest BCUT2D eigenvalue weighted by Crippen LogP contribution is 2.28. The lowest BCUT2D eigenvalue weighted by Gasteiger charge is -2.04. The van der Waals surface area contributed by atoms with Crippen LogP contribution in [0.3, 0.4) is 0 Å². The van der Waals surface area contributed by atoms with Crippen LogP contribution in [0.5, 0.6) is 5.75 Å². The van der Waals surface area contributed by atoms with Crippen LogP contribution in [-0.2, 0) is 6.54 Å². The van der Waals surface area contributed by atoms with Gasteiger partial charge in [-0.3, -0.25) is 5.10 Å². The van der Waals surface area contributed by atoms with Crippen molar-refractivity contribution in [3.63, 3.8) is 0 Å². The Morgan fingerprint density at radius 1 is 1.28 bits per heavy atom. The molecule has 2 rings (SSSR count). The largest absolute Gasteiger partial charge is 0.494 e. The van der Waals surface area contributed by atoms with Gasteiger partial charge < -0.3 is 10.1 Å². The third kappa shape index (κ3) is 2.33. The van der Waals surface area contributed by atoms with Gasteiger partial charge in [0.05, 0.1) is 12.8 Å². The van der Waals surface area contributed by atoms with E-state index < -0.39 is 11.6 Å². The smallest absolute Gasteiger partial charge is 0.165 e. The van der Waals surface area contributed by atoms with E-state index in [-0.39, 0.29) is 11.3 Å². The van der Waals surface area contributed by atoms with Crippen LogP contribution in [-0.4, -0.2) is 24.4 Å². The zero-order valence-corrected chi connectivity index (χ0v) is 10.1. The van der Waals surface area contributed by atoms with Crippen molar-refractivity contribution in [3.8, 4) is 17.0 Å². The molecule has 0 unspecified atom stereocenters. The molecule has 1 heterocycles. The predicted octanol–water partition coefficient (Wildman–Crippen LogP) is 2.08. The van der Waals surface area contributed by atoms with Crippen molar-refractivity contribution < 1.29 is 13.5 Å². The number of aromatic nitrogens is 2. The summed E-state index contributed by atoms with van der Waals surface area (Å²) in [4.78, 5) is 0. The third-order valence-corrected chi connectivity index (χ3v) is 2.52. The van der Waals surface area contributed by atoms with Crippen molar-refractivity contribution in [3.05, 3.63) is 35.5 Å². The fourth-order valence-electron chi connectivity index (χ4n) is 1.66. The molecule has 0 atom stereocenters. The maximum Gasteiger partial charge on any atom is 0.165 e. The molecular weight excluding hydrogens is 240 g/mol. The molecule has 6 heteroatoms. The summed E-state index contributed by atoms with van der Waals surface area (Å²) in [6, 6.07) is 3.76. The Morgan fingerprint density at radius 2 is 2.06 bits per heavy atom. The first-order valence-electron chi connectivity index (χ1n) is 5.38. The van der Waals surface area contributed by atoms with Crippen molar-refractivity contribution in [1.29, 1.82) is 0 Å². The average molecular weight is 253 g/mol. The summed E-state index contributed by atoms with van der Waals surface area (Å²) in [5.74, 6) is -1.31. The minimum atomic E-state index is -0.618. The molecule has 18 heavy (non-hydrogen) atoms. The summed E-state index contributed by atoms with van der Waals surface area (Å²) in [6.45, 7) is 0.577. The second kappa shape index (κ2) is 5.14. The van der Waals surface area contributed by atoms with Crippen LogP contribution >= 0.6 is 0 Å². The number of rotatable bonds is 4. The monoisotopic (exact) mass is 253 g/mol. The maximum atomic E-state index is 13.8. The van der Waals surface area contributed by atoms with Gasteiger partial charge in [-0.15, -0.1) is 0 Å². The van der Waals surface area contributed by atoms with Gasteiger partial charge >= 0.3 is 0 Å². The predicted molar refractivity (Wildman–Crippen MR) is 63.3 cm³/mol. The lowest BCUT2D eigenvalue weighted by molar-refractivity contribution is 0.383. The number of ether oxygens (including phenoxy) is 1. The van der Waals surface area contributed by atoms with E-state index in [0.717, 1.165) is 17.8 Å². The minimum Gasteiger partial charge on any atom is -0.494 e. The Balaban J connectivity index is 2.40. The van der Waals surface area contributed by atoms with Gasteiger partial charge in [0.2, 0.25) is 0 Å². The number of H-pyrrole nitrogens is 1. The van der Waals surface area contributed by atoms with Gasteiger partial charge in [-0.2, -0.15) is 5.10 Å². The van der Waals surface area contributed by atoms with Gasteiger partial charge in [-0.1, -0.05) is 0 Å². The number of halogens is 2. The van der Waals surface area contributed by atoms with E-state index >= 15 is 0 Å². The molecule has 4 nitrogen and oxygen atoms in total. The Hall–Kier alpha value is -1.95. The van der Waals surface area contributed by atoms with Crippen LogP contribution < -0.4 is 10.1 Å². The van der Waals surface area contributed by atoms with Crippen molar-refractivity contribution >= 4 is 0 Å². The van der Waals surface area contributed by atoms with E-state index in [4.69, 9.17) is 4.74 Å². The summed E-state index contributed by atoms with van der Waals surface area (Å²) >= 11 is 0. The van der Waals surface area contributed by atoms with E-state index in [1.54, 1.807) is 13.1 Å². The topological polar surface area (TPSA) is 49.9 Å². The summed E-state index contributed by atoms with van der Waals surface area (Å²) in [6.07, 6.45) is 0. The third-order valence-electron chi connectivity index (χ3n) is 2.52.